The van der Waals surface area contributed by atoms with Gasteiger partial charge in [-0.3, -0.25) is 13.9 Å². The van der Waals surface area contributed by atoms with E-state index in [-0.39, 0.29) is 16.7 Å². The highest BCUT2D eigenvalue weighted by molar-refractivity contribution is 8.00. The van der Waals surface area contributed by atoms with Crippen LogP contribution in [0.25, 0.3) is 22.4 Å². The van der Waals surface area contributed by atoms with E-state index in [2.05, 4.69) is 9.97 Å². The summed E-state index contributed by atoms with van der Waals surface area (Å²) in [6.45, 7) is 4.08. The number of fused-ring (bicyclic) bond motifs is 1. The maximum atomic E-state index is 13.6. The van der Waals surface area contributed by atoms with Gasteiger partial charge in [0, 0.05) is 24.9 Å². The largest absolute Gasteiger partial charge is 0.332 e. The minimum atomic E-state index is -0.467. The van der Waals surface area contributed by atoms with Gasteiger partial charge in [-0.05, 0) is 18.6 Å². The smallest absolute Gasteiger partial charge is 0.280 e. The molecule has 0 radical (unpaired) electrons. The molecule has 0 unspecified atom stereocenters. The van der Waals surface area contributed by atoms with Gasteiger partial charge in [-0.1, -0.05) is 26.0 Å². The quantitative estimate of drug-likeness (QED) is 0.519. The predicted octanol–water partition coefficient (Wildman–Crippen LogP) is 2.72. The van der Waals surface area contributed by atoms with Crippen molar-refractivity contribution in [3.63, 3.8) is 0 Å². The van der Waals surface area contributed by atoms with E-state index in [1.165, 1.54) is 35.5 Å². The number of hydrogen-bond acceptors (Lipinski definition) is 5. The van der Waals surface area contributed by atoms with Crippen molar-refractivity contribution in [3.05, 3.63) is 50.9 Å². The summed E-state index contributed by atoms with van der Waals surface area (Å²) < 4.78 is 16.0. The minimum Gasteiger partial charge on any atom is -0.280 e. The Morgan fingerprint density at radius 2 is 1.92 bits per heavy atom. The van der Waals surface area contributed by atoms with Crippen molar-refractivity contribution in [1.29, 1.82) is 0 Å². The maximum absolute atomic E-state index is 13.6. The molecule has 0 saturated carbocycles. The molecule has 2 aromatic heterocycles. The number of benzene rings is 1. The van der Waals surface area contributed by atoms with E-state index in [1.807, 2.05) is 13.8 Å². The van der Waals surface area contributed by atoms with Crippen molar-refractivity contribution in [2.75, 3.05) is 0 Å². The molecule has 26 heavy (non-hydrogen) atoms. The third-order valence-electron chi connectivity index (χ3n) is 4.24. The van der Waals surface area contributed by atoms with Crippen molar-refractivity contribution >= 4 is 22.8 Å². The fourth-order valence-electron chi connectivity index (χ4n) is 2.54. The zero-order chi connectivity index (χ0) is 19.0. The van der Waals surface area contributed by atoms with E-state index in [0.717, 1.165) is 11.0 Å². The average Bonchev–Trinajstić information content (AvgIpc) is 2.63. The lowest BCUT2D eigenvalue weighted by atomic mass is 10.2. The Bertz CT molecular complexity index is 1110. The summed E-state index contributed by atoms with van der Waals surface area (Å²) in [6, 6.07) is 5.94. The monoisotopic (exact) mass is 374 g/mol. The first-order valence-corrected chi connectivity index (χ1v) is 9.11. The van der Waals surface area contributed by atoms with Crippen molar-refractivity contribution in [2.24, 2.45) is 14.1 Å². The number of rotatable bonds is 4. The molecule has 136 valence electrons. The van der Waals surface area contributed by atoms with Crippen molar-refractivity contribution in [1.82, 2.24) is 19.1 Å². The summed E-state index contributed by atoms with van der Waals surface area (Å²) in [5, 5.41) is 1.02. The maximum Gasteiger partial charge on any atom is 0.332 e. The van der Waals surface area contributed by atoms with E-state index < -0.39 is 17.1 Å². The lowest BCUT2D eigenvalue weighted by Crippen LogP contribution is -2.37. The van der Waals surface area contributed by atoms with Gasteiger partial charge < -0.3 is 0 Å². The van der Waals surface area contributed by atoms with Gasteiger partial charge in [0.2, 0.25) is 0 Å². The van der Waals surface area contributed by atoms with Gasteiger partial charge in [0.05, 0.1) is 0 Å². The number of aryl methyl sites for hydroxylation is 1. The molecule has 2 heterocycles. The summed E-state index contributed by atoms with van der Waals surface area (Å²) >= 11 is 1.45. The van der Waals surface area contributed by atoms with Gasteiger partial charge in [0.25, 0.3) is 5.56 Å². The van der Waals surface area contributed by atoms with Crippen LogP contribution in [-0.4, -0.2) is 24.4 Å². The lowest BCUT2D eigenvalue weighted by Gasteiger charge is -2.14. The summed E-state index contributed by atoms with van der Waals surface area (Å²) in [5.74, 6) is -0.119. The zero-order valence-electron chi connectivity index (χ0n) is 15.0. The molecule has 0 aliphatic heterocycles. The Morgan fingerprint density at radius 3 is 2.58 bits per heavy atom. The van der Waals surface area contributed by atoms with Crippen LogP contribution in [-0.2, 0) is 14.1 Å². The van der Waals surface area contributed by atoms with Crippen LogP contribution < -0.4 is 11.2 Å². The Balaban J connectivity index is 2.40. The van der Waals surface area contributed by atoms with Gasteiger partial charge in [-0.25, -0.2) is 19.2 Å². The molecule has 0 bridgehead atoms. The minimum absolute atomic E-state index is 0.218. The van der Waals surface area contributed by atoms with E-state index in [0.29, 0.717) is 16.0 Å². The van der Waals surface area contributed by atoms with E-state index in [4.69, 9.17) is 0 Å². The number of aromatic nitrogens is 4. The van der Waals surface area contributed by atoms with Crippen molar-refractivity contribution < 1.29 is 4.39 Å². The number of thioether (sulfide) groups is 1. The lowest BCUT2D eigenvalue weighted by molar-refractivity contribution is 0.628. The number of hydrogen-bond donors (Lipinski definition) is 0. The van der Waals surface area contributed by atoms with E-state index >= 15 is 0 Å². The molecular formula is C18H19FN4O2S. The third-order valence-corrected chi connectivity index (χ3v) is 5.49. The van der Waals surface area contributed by atoms with Crippen molar-refractivity contribution in [3.8, 4) is 11.4 Å². The van der Waals surface area contributed by atoms with Crippen LogP contribution in [0.3, 0.4) is 0 Å². The molecule has 0 N–H and O–H groups in total. The predicted molar refractivity (Wildman–Crippen MR) is 101 cm³/mol. The van der Waals surface area contributed by atoms with E-state index in [1.54, 1.807) is 19.2 Å². The Kier molecular flexibility index (Phi) is 4.95. The average molecular weight is 374 g/mol. The molecule has 3 aromatic rings. The molecule has 1 aromatic carbocycles. The third kappa shape index (κ3) is 3.16. The van der Waals surface area contributed by atoms with Gasteiger partial charge in [-0.15, -0.1) is 11.8 Å². The molecule has 3 rings (SSSR count). The summed E-state index contributed by atoms with van der Waals surface area (Å²) in [4.78, 5) is 33.9. The summed E-state index contributed by atoms with van der Waals surface area (Å²) in [6.07, 6.45) is 0.886. The van der Waals surface area contributed by atoms with Crippen LogP contribution in [0.5, 0.6) is 0 Å². The fraction of sp³-hybridized carbons (Fsp3) is 0.333. The van der Waals surface area contributed by atoms with Gasteiger partial charge >= 0.3 is 5.69 Å². The zero-order valence-corrected chi connectivity index (χ0v) is 15.8. The topological polar surface area (TPSA) is 69.8 Å². The SMILES string of the molecule is CC[C@@H](C)Sc1nc(-c2cccc(F)c2)nc2c1c(=O)n(C)c(=O)n2C. The molecular weight excluding hydrogens is 355 g/mol. The molecule has 6 nitrogen and oxygen atoms in total. The molecule has 0 amide bonds. The van der Waals surface area contributed by atoms with E-state index in [9.17, 15) is 14.0 Å². The molecule has 0 fully saturated rings. The standard InChI is InChI=1S/C18H19FN4O2S/c1-5-10(2)26-16-13-15(22(3)18(25)23(4)17(13)24)20-14(21-16)11-7-6-8-12(19)9-11/h6-10H,5H2,1-4H3/t10-/m1/s1. The molecule has 8 heteroatoms. The van der Waals surface area contributed by atoms with Gasteiger partial charge in [0.1, 0.15) is 16.2 Å². The number of nitrogens with zero attached hydrogens (tertiary/aromatic N) is 4. The van der Waals surface area contributed by atoms with Crippen LogP contribution >= 0.6 is 11.8 Å². The molecule has 0 aliphatic carbocycles. The van der Waals surface area contributed by atoms with Crippen LogP contribution in [0.1, 0.15) is 20.3 Å². The van der Waals surface area contributed by atoms with Crippen LogP contribution in [0, 0.1) is 5.82 Å². The Labute approximate surface area is 153 Å². The second-order valence-electron chi connectivity index (χ2n) is 6.10. The Hall–Kier alpha value is -2.48. The van der Waals surface area contributed by atoms with Crippen LogP contribution in [0.4, 0.5) is 4.39 Å². The second-order valence-corrected chi connectivity index (χ2v) is 7.53. The highest BCUT2D eigenvalue weighted by Crippen LogP contribution is 2.30. The van der Waals surface area contributed by atoms with Gasteiger partial charge in [0.15, 0.2) is 11.5 Å². The van der Waals surface area contributed by atoms with Crippen LogP contribution in [0.2, 0.25) is 0 Å². The first-order chi connectivity index (χ1) is 12.3. The molecule has 0 spiro atoms. The highest BCUT2D eigenvalue weighted by atomic mass is 32.2. The summed E-state index contributed by atoms with van der Waals surface area (Å²) in [7, 11) is 2.99. The molecule has 1 atom stereocenters. The molecule has 0 aliphatic rings. The summed E-state index contributed by atoms with van der Waals surface area (Å²) in [5.41, 5.74) is -0.158. The second kappa shape index (κ2) is 7.03. The first-order valence-electron chi connectivity index (χ1n) is 8.23. The van der Waals surface area contributed by atoms with Crippen LogP contribution in [0.15, 0.2) is 38.9 Å². The Morgan fingerprint density at radius 1 is 1.19 bits per heavy atom. The van der Waals surface area contributed by atoms with Crippen molar-refractivity contribution in [2.45, 2.75) is 30.5 Å². The van der Waals surface area contributed by atoms with Gasteiger partial charge in [-0.2, -0.15) is 0 Å². The first kappa shape index (κ1) is 18.3. The fourth-order valence-corrected chi connectivity index (χ4v) is 3.53. The normalized spacial score (nSPS) is 12.5. The number of halogens is 1. The highest BCUT2D eigenvalue weighted by Gasteiger charge is 2.19. The molecule has 0 saturated heterocycles.